The van der Waals surface area contributed by atoms with Crippen molar-refractivity contribution >= 4 is 49.8 Å². The second-order valence-electron chi connectivity index (χ2n) is 6.55. The van der Waals surface area contributed by atoms with Crippen LogP contribution in [0, 0.1) is 11.6 Å². The Kier molecular flexibility index (Phi) is 6.29. The highest BCUT2D eigenvalue weighted by Crippen LogP contribution is 2.36. The van der Waals surface area contributed by atoms with Crippen LogP contribution in [0.15, 0.2) is 80.3 Å². The minimum atomic E-state index is -0.670. The number of carbonyl (C=O) groups is 1. The summed E-state index contributed by atoms with van der Waals surface area (Å²) in [5, 5.41) is 0. The molecule has 1 heterocycles. The van der Waals surface area contributed by atoms with E-state index in [1.54, 1.807) is 36.4 Å². The van der Waals surface area contributed by atoms with E-state index in [2.05, 4.69) is 36.9 Å². The Bertz CT molecular complexity index is 1220. The number of aliphatic imine (C=N–C) groups is 1. The molecule has 0 bridgehead atoms. The van der Waals surface area contributed by atoms with Crippen molar-refractivity contribution in [2.45, 2.75) is 6.61 Å². The first-order valence-electron chi connectivity index (χ1n) is 9.04. The first-order valence-corrected chi connectivity index (χ1v) is 10.6. The van der Waals surface area contributed by atoms with Crippen LogP contribution < -0.4 is 4.74 Å². The Balaban J connectivity index is 1.57. The fraction of sp³-hybridized carbons (Fsp3) is 0.0435. The molecule has 0 radical (unpaired) electrons. The van der Waals surface area contributed by atoms with E-state index in [4.69, 9.17) is 9.47 Å². The molecule has 0 spiro atoms. The van der Waals surface area contributed by atoms with Gasteiger partial charge in [-0.05, 0) is 85.5 Å². The SMILES string of the molecule is O=C1OC(c2ccccc2F)=N/C1=C\c1cc(Br)c(OCc2cccc(F)c2)c(Br)c1. The molecular formula is C23H13Br2F2NO3. The minimum absolute atomic E-state index is 0.0467. The lowest BCUT2D eigenvalue weighted by Gasteiger charge is -2.11. The first-order chi connectivity index (χ1) is 14.9. The molecule has 0 aromatic heterocycles. The quantitative estimate of drug-likeness (QED) is 0.273. The number of hydrogen-bond acceptors (Lipinski definition) is 4. The van der Waals surface area contributed by atoms with Gasteiger partial charge in [0.25, 0.3) is 0 Å². The lowest BCUT2D eigenvalue weighted by molar-refractivity contribution is -0.129. The summed E-state index contributed by atoms with van der Waals surface area (Å²) in [4.78, 5) is 16.3. The van der Waals surface area contributed by atoms with Gasteiger partial charge in [0.05, 0.1) is 14.5 Å². The number of hydrogen-bond donors (Lipinski definition) is 0. The van der Waals surface area contributed by atoms with Gasteiger partial charge in [-0.1, -0.05) is 24.3 Å². The molecule has 8 heteroatoms. The third-order valence-corrected chi connectivity index (χ3v) is 5.50. The monoisotopic (exact) mass is 547 g/mol. The van der Waals surface area contributed by atoms with Crippen LogP contribution in [0.2, 0.25) is 0 Å². The molecule has 0 amide bonds. The van der Waals surface area contributed by atoms with Crippen molar-refractivity contribution in [1.82, 2.24) is 0 Å². The van der Waals surface area contributed by atoms with E-state index >= 15 is 0 Å². The normalized spacial score (nSPS) is 14.5. The Labute approximate surface area is 193 Å². The number of halogens is 4. The van der Waals surface area contributed by atoms with Crippen LogP contribution in [-0.4, -0.2) is 11.9 Å². The second kappa shape index (κ2) is 9.11. The molecule has 3 aromatic carbocycles. The lowest BCUT2D eigenvalue weighted by Crippen LogP contribution is -2.07. The van der Waals surface area contributed by atoms with E-state index in [9.17, 15) is 13.6 Å². The van der Waals surface area contributed by atoms with Gasteiger partial charge in [-0.15, -0.1) is 0 Å². The molecule has 0 atom stereocenters. The maximum atomic E-state index is 14.0. The highest BCUT2D eigenvalue weighted by atomic mass is 79.9. The maximum absolute atomic E-state index is 14.0. The predicted octanol–water partition coefficient (Wildman–Crippen LogP) is 6.41. The van der Waals surface area contributed by atoms with Crippen molar-refractivity contribution in [3.63, 3.8) is 0 Å². The Morgan fingerprint density at radius 2 is 1.74 bits per heavy atom. The molecule has 1 aliphatic heterocycles. The minimum Gasteiger partial charge on any atom is -0.487 e. The lowest BCUT2D eigenvalue weighted by atomic mass is 10.2. The summed E-state index contributed by atoms with van der Waals surface area (Å²) >= 11 is 6.90. The summed E-state index contributed by atoms with van der Waals surface area (Å²) in [5.41, 5.74) is 1.49. The van der Waals surface area contributed by atoms with Crippen LogP contribution in [0.4, 0.5) is 8.78 Å². The number of esters is 1. The Morgan fingerprint density at radius 3 is 2.45 bits per heavy atom. The molecule has 0 saturated heterocycles. The van der Waals surface area contributed by atoms with E-state index in [1.165, 1.54) is 30.3 Å². The van der Waals surface area contributed by atoms with Crippen molar-refractivity contribution in [2.24, 2.45) is 4.99 Å². The van der Waals surface area contributed by atoms with Gasteiger partial charge in [-0.25, -0.2) is 18.6 Å². The van der Waals surface area contributed by atoms with Gasteiger partial charge in [0.1, 0.15) is 24.0 Å². The average molecular weight is 549 g/mol. The number of benzene rings is 3. The second-order valence-corrected chi connectivity index (χ2v) is 8.26. The van der Waals surface area contributed by atoms with Gasteiger partial charge in [0, 0.05) is 0 Å². The number of carbonyl (C=O) groups excluding carboxylic acids is 1. The van der Waals surface area contributed by atoms with Crippen LogP contribution in [0.1, 0.15) is 16.7 Å². The van der Waals surface area contributed by atoms with Crippen LogP contribution in [0.3, 0.4) is 0 Å². The Morgan fingerprint density at radius 1 is 1.00 bits per heavy atom. The Hall–Kier alpha value is -2.84. The zero-order valence-corrected chi connectivity index (χ0v) is 18.9. The molecule has 1 aliphatic rings. The van der Waals surface area contributed by atoms with E-state index < -0.39 is 11.8 Å². The summed E-state index contributed by atoms with van der Waals surface area (Å²) in [5.74, 6) is -1.09. The van der Waals surface area contributed by atoms with Crippen LogP contribution >= 0.6 is 31.9 Å². The predicted molar refractivity (Wildman–Crippen MR) is 120 cm³/mol. The van der Waals surface area contributed by atoms with Crippen LogP contribution in [0.5, 0.6) is 5.75 Å². The maximum Gasteiger partial charge on any atom is 0.363 e. The largest absolute Gasteiger partial charge is 0.487 e. The summed E-state index contributed by atoms with van der Waals surface area (Å²) in [6, 6.07) is 15.6. The van der Waals surface area contributed by atoms with E-state index in [1.807, 2.05) is 0 Å². The fourth-order valence-electron chi connectivity index (χ4n) is 2.90. The topological polar surface area (TPSA) is 47.9 Å². The molecular weight excluding hydrogens is 536 g/mol. The smallest absolute Gasteiger partial charge is 0.363 e. The number of nitrogens with zero attached hydrogens (tertiary/aromatic N) is 1. The highest BCUT2D eigenvalue weighted by Gasteiger charge is 2.26. The molecule has 31 heavy (non-hydrogen) atoms. The standard InChI is InChI=1S/C23H13Br2F2NO3/c24-17-9-14(10-18(25)21(17)30-12-13-4-3-5-15(26)8-13)11-20-23(29)31-22(28-20)16-6-1-2-7-19(16)27/h1-11H,12H2/b20-11-. The van der Waals surface area contributed by atoms with Gasteiger partial charge in [-0.3, -0.25) is 0 Å². The van der Waals surface area contributed by atoms with Crippen molar-refractivity contribution in [3.8, 4) is 5.75 Å². The van der Waals surface area contributed by atoms with Crippen molar-refractivity contribution in [2.75, 3.05) is 0 Å². The summed E-state index contributed by atoms with van der Waals surface area (Å²) < 4.78 is 39.4. The first kappa shape index (κ1) is 21.4. The van der Waals surface area contributed by atoms with E-state index in [0.29, 0.717) is 25.8 Å². The molecule has 0 fully saturated rings. The zero-order valence-electron chi connectivity index (χ0n) is 15.7. The van der Waals surface area contributed by atoms with Gasteiger partial charge in [-0.2, -0.15) is 0 Å². The van der Waals surface area contributed by atoms with Crippen LogP contribution in [0.25, 0.3) is 6.08 Å². The van der Waals surface area contributed by atoms with Crippen molar-refractivity contribution in [1.29, 1.82) is 0 Å². The summed E-state index contributed by atoms with van der Waals surface area (Å²) in [6.07, 6.45) is 1.53. The third kappa shape index (κ3) is 4.91. The van der Waals surface area contributed by atoms with Crippen molar-refractivity contribution < 1.29 is 23.0 Å². The molecule has 0 N–H and O–H groups in total. The third-order valence-electron chi connectivity index (χ3n) is 4.32. The zero-order chi connectivity index (χ0) is 22.0. The fourth-order valence-corrected chi connectivity index (χ4v) is 4.35. The van der Waals surface area contributed by atoms with Gasteiger partial charge >= 0.3 is 5.97 Å². The summed E-state index contributed by atoms with van der Waals surface area (Å²) in [6.45, 7) is 0.179. The molecule has 0 unspecified atom stereocenters. The average Bonchev–Trinajstić information content (AvgIpc) is 3.08. The van der Waals surface area contributed by atoms with E-state index in [0.717, 1.165) is 0 Å². The number of cyclic esters (lactones) is 1. The van der Waals surface area contributed by atoms with Gasteiger partial charge < -0.3 is 9.47 Å². The molecule has 3 aromatic rings. The molecule has 0 saturated carbocycles. The summed E-state index contributed by atoms with van der Waals surface area (Å²) in [7, 11) is 0. The highest BCUT2D eigenvalue weighted by molar-refractivity contribution is 9.11. The molecule has 0 aliphatic carbocycles. The van der Waals surface area contributed by atoms with Crippen LogP contribution in [-0.2, 0) is 16.1 Å². The molecule has 4 rings (SSSR count). The molecule has 4 nitrogen and oxygen atoms in total. The van der Waals surface area contributed by atoms with Gasteiger partial charge in [0.15, 0.2) is 5.70 Å². The van der Waals surface area contributed by atoms with Gasteiger partial charge in [0.2, 0.25) is 5.90 Å². The number of rotatable bonds is 5. The number of ether oxygens (including phenoxy) is 2. The van der Waals surface area contributed by atoms with Crippen molar-refractivity contribution in [3.05, 3.63) is 104 Å². The van der Waals surface area contributed by atoms with E-state index in [-0.39, 0.29) is 29.6 Å². The molecule has 156 valence electrons.